The van der Waals surface area contributed by atoms with Crippen LogP contribution in [0, 0.1) is 11.7 Å². The Labute approximate surface area is 200 Å². The monoisotopic (exact) mass is 477 g/mol. The van der Waals surface area contributed by atoms with Gasteiger partial charge < -0.3 is 24.9 Å². The first-order valence-corrected chi connectivity index (χ1v) is 12.0. The normalized spacial score (nSPS) is 19.3. The van der Waals surface area contributed by atoms with Gasteiger partial charge in [-0.1, -0.05) is 18.5 Å². The van der Waals surface area contributed by atoms with Gasteiger partial charge in [-0.3, -0.25) is 4.79 Å². The van der Waals surface area contributed by atoms with Crippen molar-refractivity contribution in [3.63, 3.8) is 0 Å². The number of piperidine rings is 1. The molecule has 34 heavy (non-hydrogen) atoms. The molecule has 2 N–H and O–H groups in total. The molecule has 0 radical (unpaired) electrons. The number of nitrogens with zero attached hydrogens (tertiary/aromatic N) is 2. The molecule has 188 valence electrons. The predicted molar refractivity (Wildman–Crippen MR) is 126 cm³/mol. The second kappa shape index (κ2) is 10.6. The third-order valence-corrected chi connectivity index (χ3v) is 6.32. The van der Waals surface area contributed by atoms with Crippen LogP contribution in [0.15, 0.2) is 23.4 Å². The Hall–Kier alpha value is -2.84. The standard InChI is InChI=1S/C25H36FN3O5/c1-5-6-17(9-12-27-23(31)34-24(2,3)4)22(30)29-13-10-25(11-14-29)16-20(28-32)19-15-18(26)7-8-21(19)33-25/h7-8,15,17,32H,5-6,9-14,16H2,1-4H3,(H,27,31)/b28-20+. The molecule has 2 aliphatic rings. The molecule has 9 heteroatoms. The van der Waals surface area contributed by atoms with Crippen LogP contribution in [0.25, 0.3) is 0 Å². The molecule has 1 atom stereocenters. The first-order chi connectivity index (χ1) is 16.1. The average molecular weight is 478 g/mol. The van der Waals surface area contributed by atoms with Crippen LogP contribution in [0.5, 0.6) is 5.75 Å². The van der Waals surface area contributed by atoms with Crippen molar-refractivity contribution in [1.29, 1.82) is 0 Å². The predicted octanol–water partition coefficient (Wildman–Crippen LogP) is 4.48. The van der Waals surface area contributed by atoms with Crippen molar-refractivity contribution in [3.8, 4) is 5.75 Å². The Bertz CT molecular complexity index is 920. The van der Waals surface area contributed by atoms with Crippen LogP contribution in [-0.4, -0.2) is 58.7 Å². The third kappa shape index (κ3) is 6.39. The van der Waals surface area contributed by atoms with Crippen molar-refractivity contribution >= 4 is 17.7 Å². The van der Waals surface area contributed by atoms with Gasteiger partial charge >= 0.3 is 6.09 Å². The van der Waals surface area contributed by atoms with Crippen LogP contribution in [-0.2, 0) is 9.53 Å². The maximum absolute atomic E-state index is 13.7. The van der Waals surface area contributed by atoms with Gasteiger partial charge in [0, 0.05) is 50.4 Å². The molecular weight excluding hydrogens is 441 g/mol. The minimum Gasteiger partial charge on any atom is -0.486 e. The summed E-state index contributed by atoms with van der Waals surface area (Å²) in [7, 11) is 0. The summed E-state index contributed by atoms with van der Waals surface area (Å²) < 4.78 is 25.2. The number of hydrogen-bond donors (Lipinski definition) is 2. The number of nitrogens with one attached hydrogen (secondary N) is 1. The second-order valence-electron chi connectivity index (χ2n) is 10.2. The highest BCUT2D eigenvalue weighted by Gasteiger charge is 2.43. The van der Waals surface area contributed by atoms with Gasteiger partial charge in [0.1, 0.15) is 22.8 Å². The lowest BCUT2D eigenvalue weighted by Gasteiger charge is -2.45. The first-order valence-electron chi connectivity index (χ1n) is 12.0. The van der Waals surface area contributed by atoms with E-state index in [9.17, 15) is 19.2 Å². The van der Waals surface area contributed by atoms with Crippen molar-refractivity contribution in [2.24, 2.45) is 11.1 Å². The van der Waals surface area contributed by atoms with Gasteiger partial charge in [0.2, 0.25) is 5.91 Å². The van der Waals surface area contributed by atoms with E-state index in [4.69, 9.17) is 9.47 Å². The number of likely N-dealkylation sites (tertiary alicyclic amines) is 1. The van der Waals surface area contributed by atoms with E-state index in [-0.39, 0.29) is 11.8 Å². The van der Waals surface area contributed by atoms with E-state index in [0.717, 1.165) is 12.8 Å². The van der Waals surface area contributed by atoms with Gasteiger partial charge in [-0.25, -0.2) is 9.18 Å². The Kier molecular flexibility index (Phi) is 8.05. The fourth-order valence-corrected chi connectivity index (χ4v) is 4.65. The zero-order chi connectivity index (χ0) is 24.9. The van der Waals surface area contributed by atoms with Gasteiger partial charge in [0.05, 0.1) is 5.71 Å². The van der Waals surface area contributed by atoms with Crippen molar-refractivity contribution in [1.82, 2.24) is 10.2 Å². The molecule has 1 saturated heterocycles. The SMILES string of the molecule is CCCC(CCNC(=O)OC(C)(C)C)C(=O)N1CCC2(CC1)C/C(=N\O)c1cc(F)ccc1O2. The topological polar surface area (TPSA) is 100 Å². The summed E-state index contributed by atoms with van der Waals surface area (Å²) in [6, 6.07) is 4.20. The van der Waals surface area contributed by atoms with Crippen molar-refractivity contribution in [2.45, 2.75) is 77.4 Å². The largest absolute Gasteiger partial charge is 0.486 e. The highest BCUT2D eigenvalue weighted by Crippen LogP contribution is 2.40. The molecule has 2 heterocycles. The van der Waals surface area contributed by atoms with Gasteiger partial charge in [-0.05, 0) is 51.8 Å². The number of ether oxygens (including phenoxy) is 2. The lowest BCUT2D eigenvalue weighted by atomic mass is 9.81. The molecule has 0 bridgehead atoms. The molecule has 2 aliphatic heterocycles. The second-order valence-corrected chi connectivity index (χ2v) is 10.2. The molecule has 2 amide bonds. The van der Waals surface area contributed by atoms with Gasteiger partial charge in [-0.15, -0.1) is 0 Å². The number of carbonyl (C=O) groups is 2. The molecule has 0 saturated carbocycles. The van der Waals surface area contributed by atoms with E-state index in [1.54, 1.807) is 26.8 Å². The molecule has 1 aromatic rings. The summed E-state index contributed by atoms with van der Waals surface area (Å²) in [5, 5.41) is 15.6. The van der Waals surface area contributed by atoms with Crippen LogP contribution >= 0.6 is 0 Å². The van der Waals surface area contributed by atoms with Crippen molar-refractivity contribution in [3.05, 3.63) is 29.6 Å². The molecule has 0 aliphatic carbocycles. The fraction of sp³-hybridized carbons (Fsp3) is 0.640. The van der Waals surface area contributed by atoms with Crippen molar-refractivity contribution < 1.29 is 28.7 Å². The van der Waals surface area contributed by atoms with Gasteiger partial charge in [0.25, 0.3) is 0 Å². The number of benzene rings is 1. The average Bonchev–Trinajstić information content (AvgIpc) is 2.77. The Morgan fingerprint density at radius 1 is 1.29 bits per heavy atom. The fourth-order valence-electron chi connectivity index (χ4n) is 4.65. The molecule has 0 aromatic heterocycles. The van der Waals surface area contributed by atoms with E-state index in [2.05, 4.69) is 10.5 Å². The third-order valence-electron chi connectivity index (χ3n) is 6.32. The number of alkyl carbamates (subject to hydrolysis) is 1. The summed E-state index contributed by atoms with van der Waals surface area (Å²) in [5.41, 5.74) is -0.283. The molecule has 1 unspecified atom stereocenters. The van der Waals surface area contributed by atoms with Crippen LogP contribution in [0.1, 0.15) is 71.8 Å². The van der Waals surface area contributed by atoms with E-state index in [0.29, 0.717) is 62.3 Å². The Morgan fingerprint density at radius 2 is 2.00 bits per heavy atom. The first kappa shape index (κ1) is 25.8. The number of hydrogen-bond acceptors (Lipinski definition) is 6. The Balaban J connectivity index is 1.58. The molecule has 3 rings (SSSR count). The van der Waals surface area contributed by atoms with Crippen LogP contribution < -0.4 is 10.1 Å². The lowest BCUT2D eigenvalue weighted by Crippen LogP contribution is -2.53. The summed E-state index contributed by atoms with van der Waals surface area (Å²) in [5.74, 6) is -0.0168. The van der Waals surface area contributed by atoms with E-state index in [1.165, 1.54) is 12.1 Å². The number of fused-ring (bicyclic) bond motifs is 1. The molecule has 8 nitrogen and oxygen atoms in total. The van der Waals surface area contributed by atoms with Crippen LogP contribution in [0.2, 0.25) is 0 Å². The minimum atomic E-state index is -0.582. The number of rotatable bonds is 6. The van der Waals surface area contributed by atoms with Crippen LogP contribution in [0.3, 0.4) is 0 Å². The summed E-state index contributed by atoms with van der Waals surface area (Å²) >= 11 is 0. The van der Waals surface area contributed by atoms with E-state index in [1.807, 2.05) is 11.8 Å². The zero-order valence-corrected chi connectivity index (χ0v) is 20.5. The quantitative estimate of drug-likeness (QED) is 0.465. The molecular formula is C25H36FN3O5. The molecule has 1 fully saturated rings. The Morgan fingerprint density at radius 3 is 2.62 bits per heavy atom. The maximum atomic E-state index is 13.7. The highest BCUT2D eigenvalue weighted by atomic mass is 19.1. The maximum Gasteiger partial charge on any atom is 0.407 e. The summed E-state index contributed by atoms with van der Waals surface area (Å²) in [6.07, 6.45) is 3.21. The van der Waals surface area contributed by atoms with Gasteiger partial charge in [-0.2, -0.15) is 0 Å². The van der Waals surface area contributed by atoms with E-state index >= 15 is 0 Å². The number of halogens is 1. The van der Waals surface area contributed by atoms with Crippen molar-refractivity contribution in [2.75, 3.05) is 19.6 Å². The lowest BCUT2D eigenvalue weighted by molar-refractivity contribution is -0.139. The molecule has 1 aromatic carbocycles. The highest BCUT2D eigenvalue weighted by molar-refractivity contribution is 6.04. The van der Waals surface area contributed by atoms with Gasteiger partial charge in [0.15, 0.2) is 0 Å². The molecule has 1 spiro atoms. The summed E-state index contributed by atoms with van der Waals surface area (Å²) in [6.45, 7) is 8.88. The summed E-state index contributed by atoms with van der Waals surface area (Å²) in [4.78, 5) is 27.0. The number of carbonyl (C=O) groups excluding carboxylic acids is 2. The minimum absolute atomic E-state index is 0.0806. The zero-order valence-electron chi connectivity index (χ0n) is 20.5. The van der Waals surface area contributed by atoms with E-state index < -0.39 is 23.1 Å². The number of amides is 2. The smallest absolute Gasteiger partial charge is 0.407 e. The number of oxime groups is 1. The van der Waals surface area contributed by atoms with Crippen LogP contribution in [0.4, 0.5) is 9.18 Å².